The van der Waals surface area contributed by atoms with Crippen molar-refractivity contribution in [3.05, 3.63) is 23.3 Å². The van der Waals surface area contributed by atoms with Crippen LogP contribution in [0.1, 0.15) is 6.92 Å². The maximum Gasteiger partial charge on any atom is 0.0419 e. The monoisotopic (exact) mass is 220 g/mol. The zero-order chi connectivity index (χ0) is 8.97. The fourth-order valence-corrected chi connectivity index (χ4v) is 1.55. The molecule has 0 N–H and O–H groups in total. The molecule has 0 saturated heterocycles. The van der Waals surface area contributed by atoms with Crippen LogP contribution < -0.4 is 0 Å². The molecule has 1 aliphatic heterocycles. The highest BCUT2D eigenvalue weighted by Gasteiger charge is 2.02. The third-order valence-corrected chi connectivity index (χ3v) is 2.70. The summed E-state index contributed by atoms with van der Waals surface area (Å²) in [5.74, 6) is 0. The third-order valence-electron chi connectivity index (χ3n) is 1.65. The van der Waals surface area contributed by atoms with Gasteiger partial charge in [-0.2, -0.15) is 0 Å². The summed E-state index contributed by atoms with van der Waals surface area (Å²) >= 11 is 1.77. The Morgan fingerprint density at radius 3 is 2.62 bits per heavy atom. The molecule has 0 amide bonds. The lowest BCUT2D eigenvalue weighted by molar-refractivity contribution is 0.382. The first-order chi connectivity index (χ1) is 5.68. The Kier molecular flexibility index (Phi) is 6.29. The van der Waals surface area contributed by atoms with E-state index >= 15 is 0 Å². The Morgan fingerprint density at radius 2 is 2.15 bits per heavy atom. The van der Waals surface area contributed by atoms with Gasteiger partial charge in [0.2, 0.25) is 0 Å². The molecule has 1 aliphatic rings. The third kappa shape index (κ3) is 5.24. The van der Waals surface area contributed by atoms with E-state index in [2.05, 4.69) is 47.9 Å². The molecule has 76 valence electrons. The van der Waals surface area contributed by atoms with Crippen LogP contribution in [-0.2, 0) is 0 Å². The SMILES string of the molecule is CC1=CSN(CCN(C)C)C=C1.Cl. The van der Waals surface area contributed by atoms with Gasteiger partial charge < -0.3 is 9.21 Å². The smallest absolute Gasteiger partial charge is 0.0419 e. The lowest BCUT2D eigenvalue weighted by Crippen LogP contribution is -2.24. The molecule has 2 nitrogen and oxygen atoms in total. The van der Waals surface area contributed by atoms with Gasteiger partial charge in [0.25, 0.3) is 0 Å². The lowest BCUT2D eigenvalue weighted by atomic mass is 10.3. The van der Waals surface area contributed by atoms with Crippen LogP contribution in [0.4, 0.5) is 0 Å². The fourth-order valence-electron chi connectivity index (χ4n) is 0.852. The first-order valence-electron chi connectivity index (χ1n) is 4.11. The maximum atomic E-state index is 2.24. The van der Waals surface area contributed by atoms with Crippen LogP contribution in [0, 0.1) is 0 Å². The Labute approximate surface area is 91.2 Å². The Bertz CT molecular complexity index is 202. The number of rotatable bonds is 3. The van der Waals surface area contributed by atoms with Crippen molar-refractivity contribution in [2.75, 3.05) is 27.2 Å². The average Bonchev–Trinajstić information content (AvgIpc) is 2.03. The normalized spacial score (nSPS) is 15.7. The molecule has 0 saturated carbocycles. The van der Waals surface area contributed by atoms with Crippen molar-refractivity contribution >= 4 is 24.4 Å². The van der Waals surface area contributed by atoms with Gasteiger partial charge in [0.15, 0.2) is 0 Å². The molecule has 0 atom stereocenters. The van der Waals surface area contributed by atoms with E-state index in [4.69, 9.17) is 0 Å². The molecule has 0 fully saturated rings. The predicted octanol–water partition coefficient (Wildman–Crippen LogP) is 2.35. The molecule has 0 bridgehead atoms. The molecular weight excluding hydrogens is 204 g/mol. The quantitative estimate of drug-likeness (QED) is 0.675. The first-order valence-corrected chi connectivity index (χ1v) is 4.95. The number of nitrogens with zero attached hydrogens (tertiary/aromatic N) is 2. The number of likely N-dealkylation sites (N-methyl/N-ethyl adjacent to an activating group) is 1. The van der Waals surface area contributed by atoms with E-state index in [-0.39, 0.29) is 12.4 Å². The fraction of sp³-hybridized carbons (Fsp3) is 0.556. The molecule has 1 rings (SSSR count). The summed E-state index contributed by atoms with van der Waals surface area (Å²) in [7, 11) is 4.19. The molecule has 0 aromatic rings. The van der Waals surface area contributed by atoms with Crippen molar-refractivity contribution in [3.63, 3.8) is 0 Å². The van der Waals surface area contributed by atoms with Crippen LogP contribution in [0.25, 0.3) is 0 Å². The van der Waals surface area contributed by atoms with Gasteiger partial charge in [0.05, 0.1) is 0 Å². The topological polar surface area (TPSA) is 6.48 Å². The standard InChI is InChI=1S/C9H16N2S.ClH/c1-9-4-5-11(12-8-9)7-6-10(2)3;/h4-5,8H,6-7H2,1-3H3;1H. The van der Waals surface area contributed by atoms with Crippen molar-refractivity contribution in [1.29, 1.82) is 0 Å². The average molecular weight is 221 g/mol. The summed E-state index contributed by atoms with van der Waals surface area (Å²) < 4.78 is 2.24. The molecule has 1 heterocycles. The number of hydrogen-bond donors (Lipinski definition) is 0. The minimum atomic E-state index is 0. The molecular formula is C9H17ClN2S. The highest BCUT2D eigenvalue weighted by Crippen LogP contribution is 2.19. The molecule has 0 aliphatic carbocycles. The van der Waals surface area contributed by atoms with Crippen molar-refractivity contribution in [1.82, 2.24) is 9.21 Å². The Morgan fingerprint density at radius 1 is 1.46 bits per heavy atom. The van der Waals surface area contributed by atoms with Crippen LogP contribution in [0.5, 0.6) is 0 Å². The van der Waals surface area contributed by atoms with E-state index in [1.807, 2.05) is 0 Å². The second-order valence-electron chi connectivity index (χ2n) is 3.23. The van der Waals surface area contributed by atoms with Gasteiger partial charge in [-0.3, -0.25) is 0 Å². The minimum absolute atomic E-state index is 0. The molecule has 0 aromatic carbocycles. The van der Waals surface area contributed by atoms with Gasteiger partial charge in [-0.1, -0.05) is 0 Å². The van der Waals surface area contributed by atoms with Gasteiger partial charge >= 0.3 is 0 Å². The van der Waals surface area contributed by atoms with E-state index in [0.29, 0.717) is 0 Å². The second kappa shape index (κ2) is 6.35. The van der Waals surface area contributed by atoms with Crippen molar-refractivity contribution in [2.45, 2.75) is 6.92 Å². The van der Waals surface area contributed by atoms with E-state index in [1.54, 1.807) is 11.9 Å². The van der Waals surface area contributed by atoms with Crippen LogP contribution in [-0.4, -0.2) is 36.4 Å². The van der Waals surface area contributed by atoms with Gasteiger partial charge in [0.1, 0.15) is 0 Å². The lowest BCUT2D eigenvalue weighted by Gasteiger charge is -2.21. The van der Waals surface area contributed by atoms with E-state index < -0.39 is 0 Å². The van der Waals surface area contributed by atoms with E-state index in [0.717, 1.165) is 13.1 Å². The summed E-state index contributed by atoms with van der Waals surface area (Å²) in [6.45, 7) is 4.30. The number of halogens is 1. The van der Waals surface area contributed by atoms with Crippen molar-refractivity contribution < 1.29 is 0 Å². The van der Waals surface area contributed by atoms with E-state index in [9.17, 15) is 0 Å². The van der Waals surface area contributed by atoms with Crippen LogP contribution in [0.2, 0.25) is 0 Å². The Hall–Kier alpha value is -0.120. The number of hydrogen-bond acceptors (Lipinski definition) is 3. The van der Waals surface area contributed by atoms with Gasteiger partial charge in [-0.15, -0.1) is 12.4 Å². The summed E-state index contributed by atoms with van der Waals surface area (Å²) in [6.07, 6.45) is 4.29. The molecule has 0 radical (unpaired) electrons. The highest BCUT2D eigenvalue weighted by molar-refractivity contribution is 8.00. The van der Waals surface area contributed by atoms with Gasteiger partial charge in [-0.25, -0.2) is 0 Å². The Balaban J connectivity index is 0.00000144. The van der Waals surface area contributed by atoms with Crippen molar-refractivity contribution in [2.24, 2.45) is 0 Å². The van der Waals surface area contributed by atoms with Crippen LogP contribution in [0.3, 0.4) is 0 Å². The zero-order valence-electron chi connectivity index (χ0n) is 8.36. The first kappa shape index (κ1) is 12.9. The van der Waals surface area contributed by atoms with Crippen LogP contribution >= 0.6 is 24.4 Å². The molecule has 0 spiro atoms. The van der Waals surface area contributed by atoms with Crippen LogP contribution in [0.15, 0.2) is 23.3 Å². The number of allylic oxidation sites excluding steroid dienone is 2. The second-order valence-corrected chi connectivity index (χ2v) is 4.14. The zero-order valence-corrected chi connectivity index (χ0v) is 9.99. The van der Waals surface area contributed by atoms with Gasteiger partial charge in [-0.05, 0) is 50.0 Å². The summed E-state index contributed by atoms with van der Waals surface area (Å²) in [4.78, 5) is 2.19. The molecule has 0 aromatic heterocycles. The molecule has 13 heavy (non-hydrogen) atoms. The van der Waals surface area contributed by atoms with Gasteiger partial charge in [0, 0.05) is 19.3 Å². The molecule has 4 heteroatoms. The largest absolute Gasteiger partial charge is 0.318 e. The summed E-state index contributed by atoms with van der Waals surface area (Å²) in [5, 5.41) is 2.18. The predicted molar refractivity (Wildman–Crippen MR) is 63.0 cm³/mol. The van der Waals surface area contributed by atoms with E-state index in [1.165, 1.54) is 5.57 Å². The van der Waals surface area contributed by atoms with Crippen molar-refractivity contribution in [3.8, 4) is 0 Å². The summed E-state index contributed by atoms with van der Waals surface area (Å²) in [6, 6.07) is 0. The maximum absolute atomic E-state index is 2.24. The highest BCUT2D eigenvalue weighted by atomic mass is 35.5. The minimum Gasteiger partial charge on any atom is -0.318 e. The summed E-state index contributed by atoms with van der Waals surface area (Å²) in [5.41, 5.74) is 1.33. The molecule has 0 unspecified atom stereocenters.